The van der Waals surface area contributed by atoms with Crippen molar-refractivity contribution < 1.29 is 14.3 Å². The minimum Gasteiger partial charge on any atom is -0.444 e. The molecule has 4 heterocycles. The van der Waals surface area contributed by atoms with Crippen LogP contribution in [0.3, 0.4) is 0 Å². The van der Waals surface area contributed by atoms with Crippen LogP contribution in [0.25, 0.3) is 16.7 Å². The number of anilines is 2. The van der Waals surface area contributed by atoms with E-state index in [1.165, 1.54) is 41.7 Å². The molecule has 4 rings (SSSR count). The van der Waals surface area contributed by atoms with E-state index in [1.54, 1.807) is 45.0 Å². The van der Waals surface area contributed by atoms with E-state index >= 15 is 0 Å². The van der Waals surface area contributed by atoms with Crippen molar-refractivity contribution in [3.05, 3.63) is 77.2 Å². The Morgan fingerprint density at radius 2 is 1.68 bits per heavy atom. The Hall–Kier alpha value is -4.67. The number of nitrogens with zero attached hydrogens (tertiary/aromatic N) is 5. The highest BCUT2D eigenvalue weighted by Gasteiger charge is 2.19. The Bertz CT molecular complexity index is 1410. The van der Waals surface area contributed by atoms with E-state index < -0.39 is 23.0 Å². The third kappa shape index (κ3) is 5.04. The van der Waals surface area contributed by atoms with Gasteiger partial charge in [0.05, 0.1) is 23.5 Å². The van der Waals surface area contributed by atoms with Crippen LogP contribution < -0.4 is 16.1 Å². The van der Waals surface area contributed by atoms with Gasteiger partial charge in [0.2, 0.25) is 11.4 Å². The maximum absolute atomic E-state index is 13.0. The topological polar surface area (TPSA) is 141 Å². The number of aromatic nitrogens is 5. The van der Waals surface area contributed by atoms with Gasteiger partial charge >= 0.3 is 6.09 Å². The van der Waals surface area contributed by atoms with Crippen LogP contribution in [0.5, 0.6) is 0 Å². The first-order valence-electron chi connectivity index (χ1n) is 10.3. The fraction of sp³-hybridized carbons (Fsp3) is 0.174. The number of rotatable bonds is 4. The summed E-state index contributed by atoms with van der Waals surface area (Å²) < 4.78 is 6.73. The van der Waals surface area contributed by atoms with E-state index in [0.717, 1.165) is 0 Å². The number of nitrogens with one attached hydrogen (secondary N) is 2. The van der Waals surface area contributed by atoms with Crippen molar-refractivity contribution >= 4 is 34.7 Å². The van der Waals surface area contributed by atoms with Crippen LogP contribution >= 0.6 is 0 Å². The molecule has 0 bridgehead atoms. The van der Waals surface area contributed by atoms with Gasteiger partial charge in [0, 0.05) is 30.5 Å². The van der Waals surface area contributed by atoms with Crippen molar-refractivity contribution in [2.24, 2.45) is 0 Å². The molecule has 0 radical (unpaired) electrons. The lowest BCUT2D eigenvalue weighted by atomic mass is 10.1. The molecule has 4 aromatic rings. The highest BCUT2D eigenvalue weighted by Crippen LogP contribution is 2.17. The monoisotopic (exact) mass is 459 g/mol. The first-order chi connectivity index (χ1) is 16.2. The van der Waals surface area contributed by atoms with E-state index in [9.17, 15) is 14.4 Å². The van der Waals surface area contributed by atoms with Gasteiger partial charge in [-0.25, -0.2) is 19.7 Å². The summed E-state index contributed by atoms with van der Waals surface area (Å²) in [6.45, 7) is 5.23. The van der Waals surface area contributed by atoms with Crippen LogP contribution in [0, 0.1) is 0 Å². The summed E-state index contributed by atoms with van der Waals surface area (Å²) in [6.07, 6.45) is 8.16. The molecule has 11 nitrogen and oxygen atoms in total. The number of hydrogen-bond donors (Lipinski definition) is 2. The Morgan fingerprint density at radius 1 is 0.971 bits per heavy atom. The molecule has 0 saturated heterocycles. The molecule has 0 atom stereocenters. The number of amides is 2. The molecule has 0 unspecified atom stereocenters. The first kappa shape index (κ1) is 22.5. The van der Waals surface area contributed by atoms with Gasteiger partial charge in [-0.3, -0.25) is 24.5 Å². The molecule has 34 heavy (non-hydrogen) atoms. The lowest BCUT2D eigenvalue weighted by Crippen LogP contribution is -2.27. The molecule has 4 aromatic heterocycles. The Labute approximate surface area is 193 Å². The molecule has 0 saturated carbocycles. The summed E-state index contributed by atoms with van der Waals surface area (Å²) in [5.74, 6) is -0.549. The molecule has 0 aliphatic rings. The minimum atomic E-state index is -0.689. The molecule has 2 amide bonds. The molecule has 2 N–H and O–H groups in total. The third-order valence-corrected chi connectivity index (χ3v) is 4.47. The zero-order valence-electron chi connectivity index (χ0n) is 18.6. The van der Waals surface area contributed by atoms with E-state index in [-0.39, 0.29) is 16.9 Å². The Kier molecular flexibility index (Phi) is 6.00. The fourth-order valence-corrected chi connectivity index (χ4v) is 3.06. The van der Waals surface area contributed by atoms with Crippen molar-refractivity contribution in [3.8, 4) is 5.69 Å². The maximum Gasteiger partial charge on any atom is 0.414 e. The van der Waals surface area contributed by atoms with Crippen LogP contribution in [-0.4, -0.2) is 42.1 Å². The minimum absolute atomic E-state index is 0.0342. The summed E-state index contributed by atoms with van der Waals surface area (Å²) in [5.41, 5.74) is 0.0277. The number of pyridine rings is 3. The summed E-state index contributed by atoms with van der Waals surface area (Å²) >= 11 is 0. The van der Waals surface area contributed by atoms with Gasteiger partial charge in [-0.1, -0.05) is 0 Å². The van der Waals surface area contributed by atoms with E-state index in [4.69, 9.17) is 4.74 Å². The zero-order chi connectivity index (χ0) is 24.3. The van der Waals surface area contributed by atoms with E-state index in [2.05, 4.69) is 30.6 Å². The van der Waals surface area contributed by atoms with Gasteiger partial charge in [-0.05, 0) is 45.0 Å². The highest BCUT2D eigenvalue weighted by molar-refractivity contribution is 6.05. The zero-order valence-corrected chi connectivity index (χ0v) is 18.6. The summed E-state index contributed by atoms with van der Waals surface area (Å²) in [4.78, 5) is 54.3. The van der Waals surface area contributed by atoms with Crippen molar-refractivity contribution in [1.82, 2.24) is 24.5 Å². The van der Waals surface area contributed by atoms with Crippen LogP contribution in [-0.2, 0) is 4.74 Å². The highest BCUT2D eigenvalue weighted by atomic mass is 16.6. The third-order valence-electron chi connectivity index (χ3n) is 4.47. The standard InChI is InChI=1S/C23H21N7O4/c1-23(2,3)34-22(33)29-21-26-11-15(12-27-21)30-13-17(18(31)16-5-4-8-25-19(16)30)20(32)28-14-6-9-24-10-7-14/h4-13H,1-3H3,(H,24,28,32)(H,26,27,29,33). The van der Waals surface area contributed by atoms with Crippen molar-refractivity contribution in [1.29, 1.82) is 0 Å². The quantitative estimate of drug-likeness (QED) is 0.474. The summed E-state index contributed by atoms with van der Waals surface area (Å²) in [7, 11) is 0. The largest absolute Gasteiger partial charge is 0.444 e. The molecule has 11 heteroatoms. The van der Waals surface area contributed by atoms with E-state index in [0.29, 0.717) is 17.0 Å². The number of fused-ring (bicyclic) bond motifs is 1. The van der Waals surface area contributed by atoms with Crippen molar-refractivity contribution in [2.45, 2.75) is 26.4 Å². The Balaban J connectivity index is 1.69. The number of hydrogen-bond acceptors (Lipinski definition) is 8. The van der Waals surface area contributed by atoms with Crippen molar-refractivity contribution in [3.63, 3.8) is 0 Å². The molecule has 0 aliphatic heterocycles. The van der Waals surface area contributed by atoms with Crippen LogP contribution in [0.1, 0.15) is 31.1 Å². The van der Waals surface area contributed by atoms with Gasteiger partial charge in [-0.15, -0.1) is 0 Å². The summed E-state index contributed by atoms with van der Waals surface area (Å²) in [5, 5.41) is 5.39. The van der Waals surface area contributed by atoms with Gasteiger partial charge in [-0.2, -0.15) is 0 Å². The average molecular weight is 459 g/mol. The SMILES string of the molecule is CC(C)(C)OC(=O)Nc1ncc(-n2cc(C(=O)Nc3ccncc3)c(=O)c3cccnc32)cn1. The molecule has 0 fully saturated rings. The second-order valence-electron chi connectivity index (χ2n) is 8.20. The molecule has 0 aromatic carbocycles. The summed E-state index contributed by atoms with van der Waals surface area (Å²) in [6, 6.07) is 6.43. The normalized spacial score (nSPS) is 11.1. The second-order valence-corrected chi connectivity index (χ2v) is 8.20. The number of ether oxygens (including phenoxy) is 1. The molecule has 0 aliphatic carbocycles. The molecular weight excluding hydrogens is 438 g/mol. The molecule has 172 valence electrons. The molecule has 0 spiro atoms. The predicted octanol–water partition coefficient (Wildman–Crippen LogP) is 3.17. The maximum atomic E-state index is 13.0. The average Bonchev–Trinajstić information content (AvgIpc) is 2.79. The lowest BCUT2D eigenvalue weighted by Gasteiger charge is -2.19. The number of carbonyl (C=O) groups is 2. The fourth-order valence-electron chi connectivity index (χ4n) is 3.06. The first-order valence-corrected chi connectivity index (χ1v) is 10.3. The van der Waals surface area contributed by atoms with E-state index in [1.807, 2.05) is 0 Å². The van der Waals surface area contributed by atoms with Gasteiger partial charge in [0.1, 0.15) is 16.8 Å². The second kappa shape index (κ2) is 9.06. The predicted molar refractivity (Wildman–Crippen MR) is 125 cm³/mol. The van der Waals surface area contributed by atoms with Crippen molar-refractivity contribution in [2.75, 3.05) is 10.6 Å². The smallest absolute Gasteiger partial charge is 0.414 e. The lowest BCUT2D eigenvalue weighted by molar-refractivity contribution is 0.0634. The van der Waals surface area contributed by atoms with Crippen LogP contribution in [0.2, 0.25) is 0 Å². The van der Waals surface area contributed by atoms with Gasteiger partial charge in [0.15, 0.2) is 0 Å². The Morgan fingerprint density at radius 3 is 2.35 bits per heavy atom. The van der Waals surface area contributed by atoms with Gasteiger partial charge < -0.3 is 10.1 Å². The van der Waals surface area contributed by atoms with Gasteiger partial charge in [0.25, 0.3) is 5.91 Å². The van der Waals surface area contributed by atoms with Crippen LogP contribution in [0.15, 0.2) is 66.2 Å². The number of carbonyl (C=O) groups excluding carboxylic acids is 2. The van der Waals surface area contributed by atoms with Crippen LogP contribution in [0.4, 0.5) is 16.4 Å². The molecular formula is C23H21N7O4.